The second kappa shape index (κ2) is 5.32. The molecule has 0 aliphatic carbocycles. The van der Waals surface area contributed by atoms with Crippen LogP contribution in [0.4, 0.5) is 5.69 Å². The summed E-state index contributed by atoms with van der Waals surface area (Å²) < 4.78 is 10.8. The molecule has 18 heavy (non-hydrogen) atoms. The molecule has 2 unspecified atom stereocenters. The first-order chi connectivity index (χ1) is 8.65. The Bertz CT molecular complexity index is 426. The predicted molar refractivity (Wildman–Crippen MR) is 69.1 cm³/mol. The van der Waals surface area contributed by atoms with Crippen LogP contribution in [0.25, 0.3) is 0 Å². The van der Waals surface area contributed by atoms with E-state index in [0.29, 0.717) is 5.69 Å². The summed E-state index contributed by atoms with van der Waals surface area (Å²) in [5, 5.41) is 7.40. The molecule has 1 aromatic rings. The highest BCUT2D eigenvalue weighted by molar-refractivity contribution is 5.93. The molecule has 1 aromatic heterocycles. The van der Waals surface area contributed by atoms with Crippen molar-refractivity contribution in [2.75, 3.05) is 32.2 Å². The molecular weight excluding hydrogens is 232 g/mol. The normalized spacial score (nSPS) is 23.3. The van der Waals surface area contributed by atoms with Gasteiger partial charge < -0.3 is 20.1 Å². The third-order valence-electron chi connectivity index (χ3n) is 3.21. The van der Waals surface area contributed by atoms with E-state index in [4.69, 9.17) is 20.6 Å². The quantitative estimate of drug-likeness (QED) is 0.589. The SMILES string of the molecule is COC1CN(c2ccnc(C(=N)N)c2)CC1OC. The fraction of sp³-hybridized carbons (Fsp3) is 0.500. The fourth-order valence-corrected chi connectivity index (χ4v) is 2.17. The number of nitrogens with zero attached hydrogens (tertiary/aromatic N) is 2. The Hall–Kier alpha value is -1.66. The van der Waals surface area contributed by atoms with E-state index in [9.17, 15) is 0 Å². The maximum absolute atomic E-state index is 7.40. The number of hydrogen-bond donors (Lipinski definition) is 2. The van der Waals surface area contributed by atoms with Crippen LogP contribution >= 0.6 is 0 Å². The number of nitrogens with one attached hydrogen (secondary N) is 1. The van der Waals surface area contributed by atoms with Gasteiger partial charge in [0.15, 0.2) is 0 Å². The summed E-state index contributed by atoms with van der Waals surface area (Å²) in [4.78, 5) is 6.20. The maximum atomic E-state index is 7.40. The minimum atomic E-state index is -0.0253. The maximum Gasteiger partial charge on any atom is 0.141 e. The minimum absolute atomic E-state index is 0.0253. The Balaban J connectivity index is 2.18. The highest BCUT2D eigenvalue weighted by Crippen LogP contribution is 2.23. The summed E-state index contributed by atoms with van der Waals surface area (Å²) in [7, 11) is 3.38. The number of rotatable bonds is 4. The van der Waals surface area contributed by atoms with Crippen molar-refractivity contribution in [1.82, 2.24) is 4.98 Å². The molecule has 0 spiro atoms. The van der Waals surface area contributed by atoms with Crippen molar-refractivity contribution in [2.45, 2.75) is 12.2 Å². The first kappa shape index (κ1) is 12.8. The van der Waals surface area contributed by atoms with Crippen LogP contribution in [0.3, 0.4) is 0 Å². The zero-order chi connectivity index (χ0) is 13.1. The molecular formula is C12H18N4O2. The average Bonchev–Trinajstić information content (AvgIpc) is 2.82. The summed E-state index contributed by atoms with van der Waals surface area (Å²) >= 11 is 0. The van der Waals surface area contributed by atoms with Crippen molar-refractivity contribution in [2.24, 2.45) is 5.73 Å². The van der Waals surface area contributed by atoms with Gasteiger partial charge in [0.05, 0.1) is 0 Å². The summed E-state index contributed by atoms with van der Waals surface area (Å²) in [5.41, 5.74) is 6.91. The zero-order valence-electron chi connectivity index (χ0n) is 10.6. The lowest BCUT2D eigenvalue weighted by Gasteiger charge is -2.18. The molecule has 98 valence electrons. The molecule has 2 heterocycles. The first-order valence-corrected chi connectivity index (χ1v) is 5.76. The van der Waals surface area contributed by atoms with Crippen LogP contribution in [0.5, 0.6) is 0 Å². The number of anilines is 1. The van der Waals surface area contributed by atoms with E-state index >= 15 is 0 Å². The van der Waals surface area contributed by atoms with Crippen LogP contribution in [-0.2, 0) is 9.47 Å². The van der Waals surface area contributed by atoms with Gasteiger partial charge in [-0.15, -0.1) is 0 Å². The number of hydrogen-bond acceptors (Lipinski definition) is 5. The van der Waals surface area contributed by atoms with Gasteiger partial charge in [0, 0.05) is 39.2 Å². The minimum Gasteiger partial charge on any atom is -0.382 e. The molecule has 2 atom stereocenters. The third kappa shape index (κ3) is 2.44. The number of ether oxygens (including phenoxy) is 2. The molecule has 3 N–H and O–H groups in total. The zero-order valence-corrected chi connectivity index (χ0v) is 10.6. The van der Waals surface area contributed by atoms with Crippen LogP contribution in [0, 0.1) is 5.41 Å². The van der Waals surface area contributed by atoms with Crippen molar-refractivity contribution >= 4 is 11.5 Å². The lowest BCUT2D eigenvalue weighted by atomic mass is 10.3. The summed E-state index contributed by atoms with van der Waals surface area (Å²) in [5.74, 6) is -0.0253. The highest BCUT2D eigenvalue weighted by atomic mass is 16.5. The number of methoxy groups -OCH3 is 2. The Kier molecular flexibility index (Phi) is 3.78. The Morgan fingerprint density at radius 2 is 2.00 bits per heavy atom. The van der Waals surface area contributed by atoms with Gasteiger partial charge in [-0.1, -0.05) is 0 Å². The van der Waals surface area contributed by atoms with E-state index in [0.717, 1.165) is 18.8 Å². The van der Waals surface area contributed by atoms with E-state index in [1.165, 1.54) is 0 Å². The molecule has 0 aromatic carbocycles. The van der Waals surface area contributed by atoms with Crippen molar-refractivity contribution in [3.63, 3.8) is 0 Å². The Labute approximate surface area is 106 Å². The van der Waals surface area contributed by atoms with E-state index in [-0.39, 0.29) is 18.0 Å². The standard InChI is InChI=1S/C12H18N4O2/c1-17-10-6-16(7-11(10)18-2)8-3-4-15-9(5-8)12(13)14/h3-5,10-11H,6-7H2,1-2H3,(H3,13,14). The van der Waals surface area contributed by atoms with Crippen LogP contribution < -0.4 is 10.6 Å². The second-order valence-corrected chi connectivity index (χ2v) is 4.27. The van der Waals surface area contributed by atoms with Gasteiger partial charge in [-0.05, 0) is 12.1 Å². The highest BCUT2D eigenvalue weighted by Gasteiger charge is 2.33. The van der Waals surface area contributed by atoms with Gasteiger partial charge in [0.1, 0.15) is 23.7 Å². The number of nitrogen functional groups attached to an aromatic ring is 1. The van der Waals surface area contributed by atoms with Gasteiger partial charge in [-0.25, -0.2) is 0 Å². The van der Waals surface area contributed by atoms with Gasteiger partial charge in [0.2, 0.25) is 0 Å². The molecule has 2 rings (SSSR count). The molecule has 0 radical (unpaired) electrons. The van der Waals surface area contributed by atoms with Crippen LogP contribution in [0.2, 0.25) is 0 Å². The number of nitrogens with two attached hydrogens (primary N) is 1. The predicted octanol–water partition coefficient (Wildman–Crippen LogP) is 0.216. The molecule has 1 aliphatic rings. The molecule has 1 saturated heterocycles. The van der Waals surface area contributed by atoms with Gasteiger partial charge in [0.25, 0.3) is 0 Å². The summed E-state index contributed by atoms with van der Waals surface area (Å²) in [6, 6.07) is 3.71. The van der Waals surface area contributed by atoms with Crippen molar-refractivity contribution in [1.29, 1.82) is 5.41 Å². The lowest BCUT2D eigenvalue weighted by Crippen LogP contribution is -2.27. The molecule has 6 heteroatoms. The second-order valence-electron chi connectivity index (χ2n) is 4.27. The Morgan fingerprint density at radius 3 is 2.50 bits per heavy atom. The largest absolute Gasteiger partial charge is 0.382 e. The van der Waals surface area contributed by atoms with Crippen LogP contribution in [-0.4, -0.2) is 50.3 Å². The smallest absolute Gasteiger partial charge is 0.141 e. The van der Waals surface area contributed by atoms with E-state index in [1.54, 1.807) is 20.4 Å². The molecule has 0 bridgehead atoms. The molecule has 1 aliphatic heterocycles. The van der Waals surface area contributed by atoms with E-state index in [2.05, 4.69) is 9.88 Å². The van der Waals surface area contributed by atoms with Gasteiger partial charge >= 0.3 is 0 Å². The molecule has 6 nitrogen and oxygen atoms in total. The first-order valence-electron chi connectivity index (χ1n) is 5.76. The molecule has 0 saturated carbocycles. The summed E-state index contributed by atoms with van der Waals surface area (Å²) in [6.07, 6.45) is 1.78. The van der Waals surface area contributed by atoms with Crippen LogP contribution in [0.1, 0.15) is 5.69 Å². The van der Waals surface area contributed by atoms with Crippen molar-refractivity contribution in [3.8, 4) is 0 Å². The summed E-state index contributed by atoms with van der Waals surface area (Å²) in [6.45, 7) is 1.52. The topological polar surface area (TPSA) is 84.5 Å². The molecule has 0 amide bonds. The van der Waals surface area contributed by atoms with Crippen molar-refractivity contribution < 1.29 is 9.47 Å². The van der Waals surface area contributed by atoms with Crippen LogP contribution in [0.15, 0.2) is 18.3 Å². The number of pyridine rings is 1. The Morgan fingerprint density at radius 1 is 1.39 bits per heavy atom. The number of aromatic nitrogens is 1. The van der Waals surface area contributed by atoms with Gasteiger partial charge in [-0.2, -0.15) is 0 Å². The lowest BCUT2D eigenvalue weighted by molar-refractivity contribution is -0.00461. The van der Waals surface area contributed by atoms with E-state index in [1.807, 2.05) is 12.1 Å². The number of amidine groups is 1. The monoisotopic (exact) mass is 250 g/mol. The van der Waals surface area contributed by atoms with Gasteiger partial charge in [-0.3, -0.25) is 10.4 Å². The fourth-order valence-electron chi connectivity index (χ4n) is 2.17. The van der Waals surface area contributed by atoms with E-state index < -0.39 is 0 Å². The third-order valence-corrected chi connectivity index (χ3v) is 3.21. The molecule has 1 fully saturated rings. The van der Waals surface area contributed by atoms with Crippen molar-refractivity contribution in [3.05, 3.63) is 24.0 Å². The average molecular weight is 250 g/mol.